The van der Waals surface area contributed by atoms with Gasteiger partial charge in [0.1, 0.15) is 6.04 Å². The Labute approximate surface area is 219 Å². The molecule has 1 atom stereocenters. The molecular weight excluding hydrogens is 504 g/mol. The summed E-state index contributed by atoms with van der Waals surface area (Å²) < 4.78 is 10.1. The van der Waals surface area contributed by atoms with E-state index in [1.165, 1.54) is 12.0 Å². The molecule has 2 aromatic rings. The minimum atomic E-state index is -0.747. The summed E-state index contributed by atoms with van der Waals surface area (Å²) in [5, 5.41) is 3.71. The molecule has 2 aliphatic rings. The van der Waals surface area contributed by atoms with Crippen LogP contribution in [0, 0.1) is 0 Å². The number of carbonyl (C=O) groups is 3. The van der Waals surface area contributed by atoms with Crippen LogP contribution in [0.4, 0.5) is 11.4 Å². The number of ether oxygens (including phenoxy) is 2. The Morgan fingerprint density at radius 1 is 1.08 bits per heavy atom. The Morgan fingerprint density at radius 3 is 2.39 bits per heavy atom. The van der Waals surface area contributed by atoms with Crippen LogP contribution in [0.5, 0.6) is 0 Å². The van der Waals surface area contributed by atoms with Crippen molar-refractivity contribution in [3.63, 3.8) is 0 Å². The molecule has 0 radical (unpaired) electrons. The lowest BCUT2D eigenvalue weighted by Crippen LogP contribution is -2.45. The number of hydrogen-bond donors (Lipinski definition) is 1. The number of halogens is 1. The summed E-state index contributed by atoms with van der Waals surface area (Å²) in [5.41, 5.74) is 1.49. The van der Waals surface area contributed by atoms with Gasteiger partial charge in [-0.3, -0.25) is 19.4 Å². The summed E-state index contributed by atoms with van der Waals surface area (Å²) >= 11 is 11.7. The third-order valence-electron chi connectivity index (χ3n) is 6.13. The predicted molar refractivity (Wildman–Crippen MR) is 140 cm³/mol. The van der Waals surface area contributed by atoms with Gasteiger partial charge in [0, 0.05) is 36.9 Å². The molecule has 0 unspecified atom stereocenters. The first-order chi connectivity index (χ1) is 17.4. The topological polar surface area (TPSA) is 91.4 Å². The highest BCUT2D eigenvalue weighted by Crippen LogP contribution is 2.28. The zero-order chi connectivity index (χ0) is 25.7. The van der Waals surface area contributed by atoms with E-state index in [1.54, 1.807) is 48.5 Å². The van der Waals surface area contributed by atoms with E-state index >= 15 is 0 Å². The molecule has 2 aromatic carbocycles. The van der Waals surface area contributed by atoms with E-state index in [4.69, 9.17) is 33.3 Å². The quantitative estimate of drug-likeness (QED) is 0.411. The highest BCUT2D eigenvalue weighted by atomic mass is 35.5. The van der Waals surface area contributed by atoms with E-state index in [2.05, 4.69) is 10.2 Å². The van der Waals surface area contributed by atoms with Crippen molar-refractivity contribution in [2.75, 3.05) is 56.7 Å². The smallest absolute Gasteiger partial charge is 0.337 e. The molecule has 2 fully saturated rings. The van der Waals surface area contributed by atoms with Gasteiger partial charge in [-0.1, -0.05) is 11.6 Å². The third kappa shape index (κ3) is 6.01. The third-order valence-corrected chi connectivity index (χ3v) is 6.80. The Morgan fingerprint density at radius 2 is 1.75 bits per heavy atom. The average molecular weight is 531 g/mol. The minimum absolute atomic E-state index is 0.0784. The number of carbonyl (C=O) groups excluding carboxylic acids is 3. The second-order valence-corrected chi connectivity index (χ2v) is 9.22. The SMILES string of the molecule is COC(=O)c1ccc(NC(=O)C[C@@H]2C(=O)N(c3ccc(Cl)cc3)C(=S)N2CCN2CCOCC2)cc1. The predicted octanol–water partition coefficient (Wildman–Crippen LogP) is 2.79. The van der Waals surface area contributed by atoms with Crippen molar-refractivity contribution in [2.24, 2.45) is 0 Å². The van der Waals surface area contributed by atoms with Crippen molar-refractivity contribution in [2.45, 2.75) is 12.5 Å². The van der Waals surface area contributed by atoms with Gasteiger partial charge in [-0.05, 0) is 60.7 Å². The maximum atomic E-state index is 13.5. The normalized spacial score (nSPS) is 18.4. The van der Waals surface area contributed by atoms with Crippen LogP contribution in [-0.2, 0) is 19.1 Å². The van der Waals surface area contributed by atoms with Gasteiger partial charge in [-0.25, -0.2) is 4.79 Å². The van der Waals surface area contributed by atoms with Gasteiger partial charge >= 0.3 is 5.97 Å². The fraction of sp³-hybridized carbons (Fsp3) is 0.360. The minimum Gasteiger partial charge on any atom is -0.465 e. The molecule has 4 rings (SSSR count). The Balaban J connectivity index is 1.49. The number of nitrogens with one attached hydrogen (secondary N) is 1. The van der Waals surface area contributed by atoms with Crippen molar-refractivity contribution in [1.82, 2.24) is 9.80 Å². The van der Waals surface area contributed by atoms with Crippen LogP contribution in [0.15, 0.2) is 48.5 Å². The molecule has 2 aliphatic heterocycles. The number of amides is 2. The number of nitrogens with zero attached hydrogens (tertiary/aromatic N) is 3. The van der Waals surface area contributed by atoms with E-state index in [0.717, 1.165) is 13.1 Å². The van der Waals surface area contributed by atoms with Crippen molar-refractivity contribution in [3.05, 3.63) is 59.1 Å². The molecule has 2 saturated heterocycles. The molecule has 2 heterocycles. The second-order valence-electron chi connectivity index (χ2n) is 8.42. The first-order valence-corrected chi connectivity index (χ1v) is 12.3. The summed E-state index contributed by atoms with van der Waals surface area (Å²) in [5.74, 6) is -1.06. The number of thiocarbonyl (C=S) groups is 1. The molecule has 0 bridgehead atoms. The molecule has 36 heavy (non-hydrogen) atoms. The van der Waals surface area contributed by atoms with Crippen LogP contribution in [0.25, 0.3) is 0 Å². The van der Waals surface area contributed by atoms with Gasteiger partial charge in [0.15, 0.2) is 5.11 Å². The first kappa shape index (κ1) is 26.0. The largest absolute Gasteiger partial charge is 0.465 e. The molecule has 0 spiro atoms. The van der Waals surface area contributed by atoms with Crippen LogP contribution in [0.2, 0.25) is 5.02 Å². The Bertz CT molecular complexity index is 1120. The monoisotopic (exact) mass is 530 g/mol. The summed E-state index contributed by atoms with van der Waals surface area (Å²) in [6.07, 6.45) is -0.0784. The maximum absolute atomic E-state index is 13.5. The summed E-state index contributed by atoms with van der Waals surface area (Å²) in [4.78, 5) is 43.6. The van der Waals surface area contributed by atoms with Gasteiger partial charge in [0.2, 0.25) is 5.91 Å². The number of morpholine rings is 1. The maximum Gasteiger partial charge on any atom is 0.337 e. The van der Waals surface area contributed by atoms with E-state index in [1.807, 2.05) is 4.90 Å². The molecule has 11 heteroatoms. The number of methoxy groups -OCH3 is 1. The van der Waals surface area contributed by atoms with Crippen molar-refractivity contribution in [3.8, 4) is 0 Å². The van der Waals surface area contributed by atoms with Crippen LogP contribution in [0.1, 0.15) is 16.8 Å². The molecular formula is C25H27ClN4O5S. The highest BCUT2D eigenvalue weighted by Gasteiger charge is 2.44. The van der Waals surface area contributed by atoms with Crippen molar-refractivity contribution >= 4 is 58.1 Å². The number of rotatable bonds is 8. The highest BCUT2D eigenvalue weighted by molar-refractivity contribution is 7.80. The molecule has 1 N–H and O–H groups in total. The molecule has 0 saturated carbocycles. The lowest BCUT2D eigenvalue weighted by Gasteiger charge is -2.30. The number of benzene rings is 2. The Hall–Kier alpha value is -3.05. The lowest BCUT2D eigenvalue weighted by atomic mass is 10.1. The first-order valence-electron chi connectivity index (χ1n) is 11.6. The van der Waals surface area contributed by atoms with Gasteiger partial charge in [-0.2, -0.15) is 0 Å². The van der Waals surface area contributed by atoms with E-state index in [0.29, 0.717) is 53.4 Å². The zero-order valence-electron chi connectivity index (χ0n) is 19.8. The van der Waals surface area contributed by atoms with Gasteiger partial charge in [0.25, 0.3) is 5.91 Å². The van der Waals surface area contributed by atoms with Crippen LogP contribution >= 0.6 is 23.8 Å². The van der Waals surface area contributed by atoms with Gasteiger partial charge < -0.3 is 19.7 Å². The average Bonchev–Trinajstić information content (AvgIpc) is 3.12. The summed E-state index contributed by atoms with van der Waals surface area (Å²) in [7, 11) is 1.30. The molecule has 9 nitrogen and oxygen atoms in total. The van der Waals surface area contributed by atoms with Crippen LogP contribution in [0.3, 0.4) is 0 Å². The van der Waals surface area contributed by atoms with E-state index in [-0.39, 0.29) is 18.2 Å². The fourth-order valence-electron chi connectivity index (χ4n) is 4.18. The standard InChI is InChI=1S/C25H27ClN4O5S/c1-34-24(33)17-2-6-19(7-3-17)27-22(31)16-21-23(32)30(20-8-4-18(26)5-9-20)25(36)29(21)11-10-28-12-14-35-15-13-28/h2-9,21H,10-16H2,1H3,(H,27,31)/t21-/m1/s1. The summed E-state index contributed by atoms with van der Waals surface area (Å²) in [6.45, 7) is 4.14. The van der Waals surface area contributed by atoms with Gasteiger partial charge in [0.05, 0.1) is 38.0 Å². The zero-order valence-corrected chi connectivity index (χ0v) is 21.4. The molecule has 2 amide bonds. The molecule has 0 aliphatic carbocycles. The number of hydrogen-bond acceptors (Lipinski definition) is 7. The molecule has 0 aromatic heterocycles. The Kier molecular flexibility index (Phi) is 8.52. The van der Waals surface area contributed by atoms with Gasteiger partial charge in [-0.15, -0.1) is 0 Å². The van der Waals surface area contributed by atoms with Crippen molar-refractivity contribution in [1.29, 1.82) is 0 Å². The number of esters is 1. The fourth-order valence-corrected chi connectivity index (χ4v) is 4.72. The number of anilines is 2. The van der Waals surface area contributed by atoms with Crippen LogP contribution < -0.4 is 10.2 Å². The molecule has 190 valence electrons. The van der Waals surface area contributed by atoms with E-state index in [9.17, 15) is 14.4 Å². The second kappa shape index (κ2) is 11.8. The van der Waals surface area contributed by atoms with E-state index < -0.39 is 12.0 Å². The van der Waals surface area contributed by atoms with Crippen LogP contribution in [-0.4, -0.2) is 85.2 Å². The van der Waals surface area contributed by atoms with Crippen molar-refractivity contribution < 1.29 is 23.9 Å². The lowest BCUT2D eigenvalue weighted by molar-refractivity contribution is -0.124. The summed E-state index contributed by atoms with van der Waals surface area (Å²) in [6, 6.07) is 12.5.